The number of aromatic nitrogens is 1. The van der Waals surface area contributed by atoms with E-state index in [1.54, 1.807) is 0 Å². The third-order valence-electron chi connectivity index (χ3n) is 15.0. The highest BCUT2D eigenvalue weighted by Gasteiger charge is 2.38. The number of nitrogens with zero attached hydrogens (tertiary/aromatic N) is 2. The minimum absolute atomic E-state index is 0.0644. The smallest absolute Gasteiger partial charge is 0.0582 e. The Morgan fingerprint density at radius 1 is 0.484 bits per heavy atom. The van der Waals surface area contributed by atoms with Crippen LogP contribution in [0.2, 0.25) is 0 Å². The third-order valence-corrected chi connectivity index (χ3v) is 15.0. The maximum atomic E-state index is 4.64. The van der Waals surface area contributed by atoms with Gasteiger partial charge in [-0.1, -0.05) is 163 Å². The zero-order chi connectivity index (χ0) is 43.7. The van der Waals surface area contributed by atoms with Crippen LogP contribution in [-0.2, 0) is 16.2 Å². The van der Waals surface area contributed by atoms with E-state index in [-0.39, 0.29) is 16.2 Å². The highest BCUT2D eigenvalue weighted by Crippen LogP contribution is 2.53. The van der Waals surface area contributed by atoms with Crippen LogP contribution in [0.3, 0.4) is 0 Å². The lowest BCUT2D eigenvalue weighted by atomic mass is 9.74. The maximum Gasteiger partial charge on any atom is 0.0582 e. The summed E-state index contributed by atoms with van der Waals surface area (Å²) in [5, 5.41) is 5.02. The fourth-order valence-corrected chi connectivity index (χ4v) is 11.5. The summed E-state index contributed by atoms with van der Waals surface area (Å²) in [6.45, 7) is 18.9. The highest BCUT2D eigenvalue weighted by molar-refractivity contribution is 6.14. The average Bonchev–Trinajstić information content (AvgIpc) is 3.76. The van der Waals surface area contributed by atoms with E-state index >= 15 is 0 Å². The average molecular weight is 825 g/mol. The van der Waals surface area contributed by atoms with Crippen molar-refractivity contribution in [2.24, 2.45) is 0 Å². The molecule has 0 spiro atoms. The van der Waals surface area contributed by atoms with Crippen molar-refractivity contribution in [3.05, 3.63) is 222 Å². The second kappa shape index (κ2) is 13.7. The topological polar surface area (TPSA) is 8.17 Å². The van der Waals surface area contributed by atoms with Gasteiger partial charge in [0.15, 0.2) is 0 Å². The summed E-state index contributed by atoms with van der Waals surface area (Å²) < 4.78 is 2.54. The summed E-state index contributed by atoms with van der Waals surface area (Å²) in [5.74, 6) is 0. The van der Waals surface area contributed by atoms with E-state index < -0.39 is 0 Å². The Hall–Kier alpha value is -7.16. The second-order valence-corrected chi connectivity index (χ2v) is 20.0. The van der Waals surface area contributed by atoms with Gasteiger partial charge in [-0.25, -0.2) is 0 Å². The Morgan fingerprint density at radius 3 is 2.03 bits per heavy atom. The number of para-hydroxylation sites is 1. The normalized spacial score (nSPS) is 17.2. The van der Waals surface area contributed by atoms with Gasteiger partial charge in [0.1, 0.15) is 0 Å². The maximum absolute atomic E-state index is 4.64. The Balaban J connectivity index is 1.13. The second-order valence-electron chi connectivity index (χ2n) is 20.0. The fraction of sp³-hybridized carbons (Fsp3) is 0.161. The largest absolute Gasteiger partial charge is 0.310 e. The van der Waals surface area contributed by atoms with Crippen molar-refractivity contribution in [3.63, 3.8) is 0 Å². The molecule has 9 aromatic rings. The molecular formula is C62H52N2. The van der Waals surface area contributed by atoms with Crippen LogP contribution in [0.15, 0.2) is 189 Å². The molecule has 2 nitrogen and oxygen atoms in total. The van der Waals surface area contributed by atoms with Crippen LogP contribution in [0.4, 0.5) is 17.1 Å². The van der Waals surface area contributed by atoms with Gasteiger partial charge in [0.05, 0.1) is 16.7 Å². The molecule has 3 aliphatic rings. The van der Waals surface area contributed by atoms with Crippen LogP contribution < -0.4 is 4.90 Å². The summed E-state index contributed by atoms with van der Waals surface area (Å²) in [7, 11) is 0. The quantitative estimate of drug-likeness (QED) is 0.172. The zero-order valence-corrected chi connectivity index (χ0v) is 37.6. The first kappa shape index (κ1) is 38.5. The molecular weight excluding hydrogens is 773 g/mol. The molecule has 0 N–H and O–H groups in total. The van der Waals surface area contributed by atoms with Crippen LogP contribution in [0, 0.1) is 0 Å². The Kier molecular flexibility index (Phi) is 8.23. The molecule has 0 unspecified atom stereocenters. The Bertz CT molecular complexity index is 3530. The first-order valence-electron chi connectivity index (χ1n) is 22.8. The molecule has 2 heteroatoms. The van der Waals surface area contributed by atoms with Crippen molar-refractivity contribution in [3.8, 4) is 27.9 Å². The molecule has 0 radical (unpaired) electrons. The van der Waals surface area contributed by atoms with E-state index in [0.29, 0.717) is 0 Å². The molecule has 8 aromatic carbocycles. The van der Waals surface area contributed by atoms with Gasteiger partial charge in [0.25, 0.3) is 0 Å². The lowest BCUT2D eigenvalue weighted by molar-refractivity contribution is 0.533. The van der Waals surface area contributed by atoms with Crippen molar-refractivity contribution in [2.75, 3.05) is 4.90 Å². The van der Waals surface area contributed by atoms with Crippen LogP contribution in [-0.4, -0.2) is 4.57 Å². The molecule has 2 aliphatic carbocycles. The van der Waals surface area contributed by atoms with E-state index in [1.165, 1.54) is 93.9 Å². The van der Waals surface area contributed by atoms with Gasteiger partial charge < -0.3 is 9.47 Å². The molecule has 0 fully saturated rings. The molecule has 1 aromatic heterocycles. The van der Waals surface area contributed by atoms with Gasteiger partial charge in [0.2, 0.25) is 0 Å². The van der Waals surface area contributed by atoms with E-state index in [2.05, 4.69) is 240 Å². The summed E-state index contributed by atoms with van der Waals surface area (Å²) >= 11 is 0. The first-order chi connectivity index (χ1) is 30.9. The first-order valence-corrected chi connectivity index (χ1v) is 22.8. The van der Waals surface area contributed by atoms with Crippen molar-refractivity contribution in [1.82, 2.24) is 4.57 Å². The molecule has 0 saturated heterocycles. The van der Waals surface area contributed by atoms with Gasteiger partial charge >= 0.3 is 0 Å². The molecule has 1 aliphatic heterocycles. The number of rotatable bonds is 4. The van der Waals surface area contributed by atoms with Crippen molar-refractivity contribution >= 4 is 55.2 Å². The lowest BCUT2D eigenvalue weighted by Crippen LogP contribution is -2.26. The number of hydrogen-bond acceptors (Lipinski definition) is 1. The molecule has 0 bridgehead atoms. The molecule has 0 amide bonds. The Morgan fingerprint density at radius 2 is 1.17 bits per heavy atom. The third kappa shape index (κ3) is 5.58. The monoisotopic (exact) mass is 824 g/mol. The van der Waals surface area contributed by atoms with Gasteiger partial charge in [-0.3, -0.25) is 0 Å². The number of benzene rings is 8. The van der Waals surface area contributed by atoms with E-state index in [0.717, 1.165) is 29.1 Å². The highest BCUT2D eigenvalue weighted by atomic mass is 15.1. The minimum atomic E-state index is -0.213. The van der Waals surface area contributed by atoms with Gasteiger partial charge in [0, 0.05) is 38.7 Å². The molecule has 310 valence electrons. The number of anilines is 3. The minimum Gasteiger partial charge on any atom is -0.310 e. The van der Waals surface area contributed by atoms with Crippen molar-refractivity contribution in [2.45, 2.75) is 64.2 Å². The summed E-state index contributed by atoms with van der Waals surface area (Å²) in [5.41, 5.74) is 20.8. The molecule has 0 saturated carbocycles. The number of allylic oxidation sites excluding steroid dienone is 5. The zero-order valence-electron chi connectivity index (χ0n) is 37.6. The van der Waals surface area contributed by atoms with Crippen molar-refractivity contribution < 1.29 is 0 Å². The van der Waals surface area contributed by atoms with E-state index in [9.17, 15) is 0 Å². The fourth-order valence-electron chi connectivity index (χ4n) is 11.5. The Labute approximate surface area is 377 Å². The van der Waals surface area contributed by atoms with Gasteiger partial charge in [-0.05, 0) is 151 Å². The van der Waals surface area contributed by atoms with E-state index in [1.807, 2.05) is 0 Å². The summed E-state index contributed by atoms with van der Waals surface area (Å²) in [6, 6.07) is 59.9. The molecule has 0 atom stereocenters. The van der Waals surface area contributed by atoms with Crippen LogP contribution in [0.25, 0.3) is 66.1 Å². The standard InChI is InChI=1S/C62H52N2/c1-39-17-9-8-16-32-60(2,3)52-30-27-44(36-49(39)52)63(46-26-29-48-47-20-12-13-21-53(47)61(4,5)55(48)38-46)45-28-31-57-50(37-45)51-34-43(42-25-24-40-18-10-11-19-41(40)33-42)35-56-59(51)64(57)58-23-15-14-22-54(58)62(56,6)7/h8-31,33-38H,1,32H2,2-7H3/b16-8-,17-9-. The van der Waals surface area contributed by atoms with Gasteiger partial charge in [-0.15, -0.1) is 0 Å². The SMILES string of the molecule is C=C1/C=C\C=C/CC(C)(C)c2ccc(N(c3ccc4c(c3)C(C)(C)c3ccccc3-4)c3ccc4c(c3)c3cc(-c5ccc6ccccc6c5)cc5c3n4-c3ccccc3C5(C)C)cc21. The summed E-state index contributed by atoms with van der Waals surface area (Å²) in [4.78, 5) is 2.49. The number of fused-ring (bicyclic) bond motifs is 10. The molecule has 2 heterocycles. The summed E-state index contributed by atoms with van der Waals surface area (Å²) in [6.07, 6.45) is 9.68. The van der Waals surface area contributed by atoms with Crippen LogP contribution >= 0.6 is 0 Å². The van der Waals surface area contributed by atoms with E-state index in [4.69, 9.17) is 0 Å². The van der Waals surface area contributed by atoms with Crippen molar-refractivity contribution in [1.29, 1.82) is 0 Å². The predicted octanol–water partition coefficient (Wildman–Crippen LogP) is 16.8. The molecule has 12 rings (SSSR count). The molecule has 64 heavy (non-hydrogen) atoms. The number of hydrogen-bond donors (Lipinski definition) is 0. The van der Waals surface area contributed by atoms with Gasteiger partial charge in [-0.2, -0.15) is 0 Å². The van der Waals surface area contributed by atoms with Crippen LogP contribution in [0.1, 0.15) is 81.3 Å². The van der Waals surface area contributed by atoms with Crippen LogP contribution in [0.5, 0.6) is 0 Å². The lowest BCUT2D eigenvalue weighted by Gasteiger charge is -2.35. The predicted molar refractivity (Wildman–Crippen MR) is 273 cm³/mol.